The van der Waals surface area contributed by atoms with Crippen LogP contribution in [-0.2, 0) is 0 Å². The van der Waals surface area contributed by atoms with Crippen molar-refractivity contribution in [2.45, 2.75) is 32.2 Å². The Morgan fingerprint density at radius 1 is 1.60 bits per heavy atom. The number of nitrogens with zero attached hydrogens (tertiary/aromatic N) is 3. The summed E-state index contributed by atoms with van der Waals surface area (Å²) in [6.07, 6.45) is 7.16. The minimum absolute atomic E-state index is 0.136. The highest BCUT2D eigenvalue weighted by Gasteiger charge is 2.30. The summed E-state index contributed by atoms with van der Waals surface area (Å²) in [6.45, 7) is 2.26. The SMILES string of the molecule is CC1CCC(C#N)C(n2cc(I)cn2)C1. The second-order valence-corrected chi connectivity index (χ2v) is 5.61. The maximum Gasteiger partial charge on any atom is 0.0688 e. The molecule has 0 aliphatic heterocycles. The molecule has 80 valence electrons. The van der Waals surface area contributed by atoms with Crippen LogP contribution in [0.3, 0.4) is 0 Å². The molecule has 0 amide bonds. The van der Waals surface area contributed by atoms with E-state index in [1.165, 1.54) is 6.42 Å². The fraction of sp³-hybridized carbons (Fsp3) is 0.636. The van der Waals surface area contributed by atoms with Crippen LogP contribution in [0, 0.1) is 26.7 Å². The minimum Gasteiger partial charge on any atom is -0.267 e. The number of hydrogen-bond donors (Lipinski definition) is 0. The van der Waals surface area contributed by atoms with Gasteiger partial charge in [0.15, 0.2) is 0 Å². The molecule has 4 heteroatoms. The predicted molar refractivity (Wildman–Crippen MR) is 66.1 cm³/mol. The molecule has 15 heavy (non-hydrogen) atoms. The third kappa shape index (κ3) is 2.33. The third-order valence-electron chi connectivity index (χ3n) is 3.15. The average Bonchev–Trinajstić information content (AvgIpc) is 2.65. The highest BCUT2D eigenvalue weighted by atomic mass is 127. The topological polar surface area (TPSA) is 41.6 Å². The molecule has 3 nitrogen and oxygen atoms in total. The van der Waals surface area contributed by atoms with Crippen LogP contribution < -0.4 is 0 Å². The van der Waals surface area contributed by atoms with E-state index in [2.05, 4.69) is 40.7 Å². The molecule has 0 spiro atoms. The molecule has 2 rings (SSSR count). The van der Waals surface area contributed by atoms with Gasteiger partial charge >= 0.3 is 0 Å². The van der Waals surface area contributed by atoms with Crippen LogP contribution in [0.2, 0.25) is 0 Å². The zero-order chi connectivity index (χ0) is 10.8. The first-order valence-corrected chi connectivity index (χ1v) is 6.38. The lowest BCUT2D eigenvalue weighted by molar-refractivity contribution is 0.218. The largest absolute Gasteiger partial charge is 0.267 e. The van der Waals surface area contributed by atoms with Gasteiger partial charge in [0.25, 0.3) is 0 Å². The Labute approximate surface area is 104 Å². The lowest BCUT2D eigenvalue weighted by atomic mass is 9.80. The summed E-state index contributed by atoms with van der Waals surface area (Å²) in [5, 5.41) is 13.5. The summed E-state index contributed by atoms with van der Waals surface area (Å²) in [6, 6.07) is 2.70. The summed E-state index contributed by atoms with van der Waals surface area (Å²) in [7, 11) is 0. The number of hydrogen-bond acceptors (Lipinski definition) is 2. The Morgan fingerprint density at radius 3 is 3.00 bits per heavy atom. The predicted octanol–water partition coefficient (Wildman–Crippen LogP) is 2.99. The van der Waals surface area contributed by atoms with Crippen molar-refractivity contribution in [3.63, 3.8) is 0 Å². The van der Waals surface area contributed by atoms with Gasteiger partial charge in [0.05, 0.1) is 27.8 Å². The summed E-state index contributed by atoms with van der Waals surface area (Å²) < 4.78 is 3.12. The van der Waals surface area contributed by atoms with Gasteiger partial charge in [-0.05, 0) is 47.8 Å². The molecule has 1 saturated carbocycles. The summed E-state index contributed by atoms with van der Waals surface area (Å²) in [5.41, 5.74) is 0. The van der Waals surface area contributed by atoms with Crippen LogP contribution in [0.1, 0.15) is 32.2 Å². The smallest absolute Gasteiger partial charge is 0.0688 e. The van der Waals surface area contributed by atoms with Crippen molar-refractivity contribution < 1.29 is 0 Å². The maximum atomic E-state index is 9.12. The van der Waals surface area contributed by atoms with Crippen LogP contribution in [0.4, 0.5) is 0 Å². The monoisotopic (exact) mass is 315 g/mol. The van der Waals surface area contributed by atoms with E-state index < -0.39 is 0 Å². The molecule has 1 aromatic rings. The van der Waals surface area contributed by atoms with Gasteiger partial charge < -0.3 is 0 Å². The van der Waals surface area contributed by atoms with Gasteiger partial charge in [-0.2, -0.15) is 10.4 Å². The van der Waals surface area contributed by atoms with Crippen molar-refractivity contribution in [1.82, 2.24) is 9.78 Å². The van der Waals surface area contributed by atoms with Crippen molar-refractivity contribution in [2.75, 3.05) is 0 Å². The fourth-order valence-corrected chi connectivity index (χ4v) is 2.70. The van der Waals surface area contributed by atoms with Gasteiger partial charge in [-0.1, -0.05) is 6.92 Å². The van der Waals surface area contributed by atoms with Crippen LogP contribution in [-0.4, -0.2) is 9.78 Å². The lowest BCUT2D eigenvalue weighted by Gasteiger charge is -2.30. The average molecular weight is 315 g/mol. The molecule has 1 aliphatic carbocycles. The summed E-state index contributed by atoms with van der Waals surface area (Å²) in [4.78, 5) is 0. The number of nitriles is 1. The van der Waals surface area contributed by atoms with Gasteiger partial charge in [0.1, 0.15) is 0 Å². The van der Waals surface area contributed by atoms with Gasteiger partial charge in [-0.15, -0.1) is 0 Å². The van der Waals surface area contributed by atoms with E-state index in [9.17, 15) is 0 Å². The van der Waals surface area contributed by atoms with Crippen LogP contribution in [0.15, 0.2) is 12.4 Å². The molecule has 1 aromatic heterocycles. The number of halogens is 1. The zero-order valence-corrected chi connectivity index (χ0v) is 10.9. The van der Waals surface area contributed by atoms with E-state index in [4.69, 9.17) is 5.26 Å². The number of rotatable bonds is 1. The van der Waals surface area contributed by atoms with Crippen LogP contribution in [0.5, 0.6) is 0 Å². The minimum atomic E-state index is 0.136. The highest BCUT2D eigenvalue weighted by Crippen LogP contribution is 2.36. The Morgan fingerprint density at radius 2 is 2.40 bits per heavy atom. The molecule has 3 atom stereocenters. The van der Waals surface area contributed by atoms with Gasteiger partial charge in [0.2, 0.25) is 0 Å². The molecule has 3 unspecified atom stereocenters. The molecule has 0 radical (unpaired) electrons. The number of aromatic nitrogens is 2. The van der Waals surface area contributed by atoms with Crippen molar-refractivity contribution in [1.29, 1.82) is 5.26 Å². The lowest BCUT2D eigenvalue weighted by Crippen LogP contribution is -2.26. The zero-order valence-electron chi connectivity index (χ0n) is 8.73. The normalized spacial score (nSPS) is 31.1. The van der Waals surface area contributed by atoms with E-state index >= 15 is 0 Å². The quantitative estimate of drug-likeness (QED) is 0.748. The van der Waals surface area contributed by atoms with Crippen LogP contribution in [0.25, 0.3) is 0 Å². The van der Waals surface area contributed by atoms with Crippen molar-refractivity contribution >= 4 is 22.6 Å². The van der Waals surface area contributed by atoms with Crippen molar-refractivity contribution in [3.05, 3.63) is 16.0 Å². The Hall–Kier alpha value is -0.570. The highest BCUT2D eigenvalue weighted by molar-refractivity contribution is 14.1. The van der Waals surface area contributed by atoms with E-state index in [0.29, 0.717) is 5.92 Å². The molecule has 0 aromatic carbocycles. The van der Waals surface area contributed by atoms with Gasteiger partial charge in [0, 0.05) is 6.20 Å². The summed E-state index contributed by atoms with van der Waals surface area (Å²) >= 11 is 2.25. The summed E-state index contributed by atoms with van der Waals surface area (Å²) in [5.74, 6) is 0.846. The third-order valence-corrected chi connectivity index (χ3v) is 3.71. The van der Waals surface area contributed by atoms with E-state index in [1.807, 2.05) is 17.1 Å². The molecule has 0 bridgehead atoms. The van der Waals surface area contributed by atoms with E-state index in [-0.39, 0.29) is 12.0 Å². The first-order valence-electron chi connectivity index (χ1n) is 5.30. The van der Waals surface area contributed by atoms with Crippen LogP contribution >= 0.6 is 22.6 Å². The van der Waals surface area contributed by atoms with Crippen molar-refractivity contribution in [2.24, 2.45) is 11.8 Å². The molecule has 1 heterocycles. The molecular formula is C11H14IN3. The second-order valence-electron chi connectivity index (χ2n) is 4.36. The molecule has 1 fully saturated rings. The molecule has 0 N–H and O–H groups in total. The standard InChI is InChI=1S/C11H14IN3/c1-8-2-3-9(5-13)11(4-8)15-7-10(12)6-14-15/h6-9,11H,2-4H2,1H3. The van der Waals surface area contributed by atoms with E-state index in [0.717, 1.165) is 16.4 Å². The maximum absolute atomic E-state index is 9.12. The second kappa shape index (κ2) is 4.52. The Balaban J connectivity index is 2.21. The molecule has 1 aliphatic rings. The van der Waals surface area contributed by atoms with E-state index in [1.54, 1.807) is 0 Å². The molecular weight excluding hydrogens is 301 g/mol. The van der Waals surface area contributed by atoms with Crippen molar-refractivity contribution in [3.8, 4) is 6.07 Å². The van der Waals surface area contributed by atoms with Gasteiger partial charge in [-0.3, -0.25) is 4.68 Å². The Bertz CT molecular complexity index is 379. The molecule has 0 saturated heterocycles. The first kappa shape index (κ1) is 10.9. The Kier molecular flexibility index (Phi) is 3.29. The fourth-order valence-electron chi connectivity index (χ4n) is 2.29. The van der Waals surface area contributed by atoms with Gasteiger partial charge in [-0.25, -0.2) is 0 Å². The first-order chi connectivity index (χ1) is 7.20.